The molecule has 1 fully saturated rings. The molecule has 0 atom stereocenters. The van der Waals surface area contributed by atoms with Gasteiger partial charge in [0.2, 0.25) is 11.2 Å². The molecule has 0 bridgehead atoms. The topological polar surface area (TPSA) is 59.5 Å². The highest BCUT2D eigenvalue weighted by molar-refractivity contribution is 5.84. The molecular weight excluding hydrogens is 326 g/mol. The number of para-hydroxylation sites is 2. The van der Waals surface area contributed by atoms with Crippen LogP contribution in [0.15, 0.2) is 60.8 Å². The largest absolute Gasteiger partial charge is 0.618 e. The molecule has 0 amide bonds. The SMILES string of the molecule is [O-][n+]1c(-c2ccccc2)c2ncc(N3CCNCC3)n2c2ccccc21. The van der Waals surface area contributed by atoms with Crippen molar-refractivity contribution in [2.75, 3.05) is 31.1 Å². The lowest BCUT2D eigenvalue weighted by molar-refractivity contribution is -0.564. The van der Waals surface area contributed by atoms with E-state index in [-0.39, 0.29) is 0 Å². The molecule has 5 rings (SSSR count). The van der Waals surface area contributed by atoms with Crippen molar-refractivity contribution in [3.63, 3.8) is 0 Å². The molecule has 130 valence electrons. The van der Waals surface area contributed by atoms with E-state index in [4.69, 9.17) is 0 Å². The van der Waals surface area contributed by atoms with Gasteiger partial charge in [0.15, 0.2) is 0 Å². The molecule has 0 saturated carbocycles. The van der Waals surface area contributed by atoms with E-state index < -0.39 is 0 Å². The number of nitrogens with zero attached hydrogens (tertiary/aromatic N) is 4. The first-order valence-electron chi connectivity index (χ1n) is 8.87. The Balaban J connectivity index is 1.87. The number of aromatic nitrogens is 3. The molecule has 0 aliphatic carbocycles. The molecule has 6 nitrogen and oxygen atoms in total. The predicted molar refractivity (Wildman–Crippen MR) is 102 cm³/mol. The van der Waals surface area contributed by atoms with Crippen molar-refractivity contribution in [3.8, 4) is 11.3 Å². The smallest absolute Gasteiger partial charge is 0.268 e. The van der Waals surface area contributed by atoms with Crippen molar-refractivity contribution >= 4 is 22.5 Å². The van der Waals surface area contributed by atoms with E-state index in [1.165, 1.54) is 0 Å². The van der Waals surface area contributed by atoms with E-state index in [0.29, 0.717) is 16.9 Å². The van der Waals surface area contributed by atoms with E-state index in [0.717, 1.165) is 47.8 Å². The van der Waals surface area contributed by atoms with Crippen LogP contribution in [0.3, 0.4) is 0 Å². The summed E-state index contributed by atoms with van der Waals surface area (Å²) in [5.74, 6) is 1.04. The van der Waals surface area contributed by atoms with Crippen LogP contribution in [0.4, 0.5) is 5.82 Å². The van der Waals surface area contributed by atoms with Gasteiger partial charge in [0.25, 0.3) is 5.69 Å². The molecule has 6 heteroatoms. The summed E-state index contributed by atoms with van der Waals surface area (Å²) in [5, 5.41) is 16.6. The van der Waals surface area contributed by atoms with Crippen molar-refractivity contribution in [2.24, 2.45) is 0 Å². The zero-order valence-electron chi connectivity index (χ0n) is 14.3. The Hall–Kier alpha value is -3.12. The summed E-state index contributed by atoms with van der Waals surface area (Å²) in [4.78, 5) is 6.99. The molecule has 4 aromatic rings. The van der Waals surface area contributed by atoms with E-state index >= 15 is 0 Å². The normalized spacial score (nSPS) is 15.0. The zero-order valence-corrected chi connectivity index (χ0v) is 14.3. The third-order valence-electron chi connectivity index (χ3n) is 4.99. The average Bonchev–Trinajstić information content (AvgIpc) is 3.15. The standard InChI is InChI=1S/C20H19N5O/c26-25-17-9-5-4-8-16(17)24-18(23-12-10-21-11-13-23)14-22-20(24)19(25)15-6-2-1-3-7-15/h1-9,14,21H,10-13H2. The number of rotatable bonds is 2. The van der Waals surface area contributed by atoms with Gasteiger partial charge in [-0.05, 0) is 18.2 Å². The van der Waals surface area contributed by atoms with Gasteiger partial charge >= 0.3 is 0 Å². The van der Waals surface area contributed by atoms with Crippen LogP contribution in [-0.2, 0) is 0 Å². The van der Waals surface area contributed by atoms with Gasteiger partial charge in [-0.2, -0.15) is 4.73 Å². The van der Waals surface area contributed by atoms with Crippen LogP contribution in [0.1, 0.15) is 0 Å². The Bertz CT molecular complexity index is 1080. The molecular formula is C20H19N5O. The number of hydrogen-bond donors (Lipinski definition) is 1. The summed E-state index contributed by atoms with van der Waals surface area (Å²) < 4.78 is 3.13. The number of anilines is 1. The first kappa shape index (κ1) is 15.2. The minimum Gasteiger partial charge on any atom is -0.618 e. The molecule has 1 saturated heterocycles. The summed E-state index contributed by atoms with van der Waals surface area (Å²) in [6.07, 6.45) is 1.89. The fourth-order valence-corrected chi connectivity index (χ4v) is 3.74. The summed E-state index contributed by atoms with van der Waals surface area (Å²) in [6, 6.07) is 17.5. The second-order valence-corrected chi connectivity index (χ2v) is 6.51. The van der Waals surface area contributed by atoms with Crippen LogP contribution in [0.5, 0.6) is 0 Å². The highest BCUT2D eigenvalue weighted by Gasteiger charge is 2.25. The third-order valence-corrected chi connectivity index (χ3v) is 4.99. The van der Waals surface area contributed by atoms with Crippen molar-refractivity contribution in [1.82, 2.24) is 14.7 Å². The van der Waals surface area contributed by atoms with Crippen LogP contribution in [-0.4, -0.2) is 35.6 Å². The molecule has 0 unspecified atom stereocenters. The molecule has 0 radical (unpaired) electrons. The van der Waals surface area contributed by atoms with E-state index in [2.05, 4.69) is 19.6 Å². The van der Waals surface area contributed by atoms with Crippen molar-refractivity contribution in [2.45, 2.75) is 0 Å². The van der Waals surface area contributed by atoms with Crippen LogP contribution in [0, 0.1) is 5.21 Å². The second kappa shape index (κ2) is 6.00. The molecule has 1 N–H and O–H groups in total. The molecule has 0 spiro atoms. The molecule has 2 aromatic heterocycles. The number of piperazine rings is 1. The molecule has 26 heavy (non-hydrogen) atoms. The van der Waals surface area contributed by atoms with Gasteiger partial charge < -0.3 is 15.4 Å². The molecule has 3 heterocycles. The Morgan fingerprint density at radius 2 is 1.69 bits per heavy atom. The third kappa shape index (κ3) is 2.23. The van der Waals surface area contributed by atoms with Crippen molar-refractivity contribution < 1.29 is 4.73 Å². The zero-order chi connectivity index (χ0) is 17.5. The van der Waals surface area contributed by atoms with Gasteiger partial charge in [0, 0.05) is 32.2 Å². The number of imidazole rings is 1. The molecule has 2 aromatic carbocycles. The van der Waals surface area contributed by atoms with Gasteiger partial charge in [-0.15, -0.1) is 0 Å². The van der Waals surface area contributed by atoms with Gasteiger partial charge in [-0.25, -0.2) is 4.98 Å². The number of nitrogens with one attached hydrogen (secondary N) is 1. The Morgan fingerprint density at radius 1 is 0.962 bits per heavy atom. The van der Waals surface area contributed by atoms with Crippen molar-refractivity contribution in [3.05, 3.63) is 66.0 Å². The monoisotopic (exact) mass is 345 g/mol. The summed E-state index contributed by atoms with van der Waals surface area (Å²) in [5.41, 5.74) is 3.68. The molecule has 1 aliphatic heterocycles. The summed E-state index contributed by atoms with van der Waals surface area (Å²) >= 11 is 0. The van der Waals surface area contributed by atoms with E-state index in [1.807, 2.05) is 60.8 Å². The first-order valence-corrected chi connectivity index (χ1v) is 8.87. The maximum Gasteiger partial charge on any atom is 0.268 e. The Kier molecular flexibility index (Phi) is 3.50. The van der Waals surface area contributed by atoms with Crippen LogP contribution in [0.25, 0.3) is 27.9 Å². The molecule has 1 aliphatic rings. The van der Waals surface area contributed by atoms with Gasteiger partial charge in [-0.1, -0.05) is 30.3 Å². The van der Waals surface area contributed by atoms with Gasteiger partial charge in [0.05, 0.1) is 11.8 Å². The fourth-order valence-electron chi connectivity index (χ4n) is 3.74. The Morgan fingerprint density at radius 3 is 2.50 bits per heavy atom. The van der Waals surface area contributed by atoms with E-state index in [9.17, 15) is 5.21 Å². The van der Waals surface area contributed by atoms with Gasteiger partial charge in [0.1, 0.15) is 11.3 Å². The van der Waals surface area contributed by atoms with Crippen LogP contribution >= 0.6 is 0 Å². The quantitative estimate of drug-likeness (QED) is 0.447. The lowest BCUT2D eigenvalue weighted by Crippen LogP contribution is -2.44. The average molecular weight is 345 g/mol. The van der Waals surface area contributed by atoms with Crippen LogP contribution < -0.4 is 14.9 Å². The fraction of sp³-hybridized carbons (Fsp3) is 0.200. The van der Waals surface area contributed by atoms with E-state index in [1.54, 1.807) is 0 Å². The lowest BCUT2D eigenvalue weighted by Gasteiger charge is -2.28. The number of fused-ring (bicyclic) bond motifs is 3. The van der Waals surface area contributed by atoms with Crippen molar-refractivity contribution in [1.29, 1.82) is 0 Å². The summed E-state index contributed by atoms with van der Waals surface area (Å²) in [7, 11) is 0. The highest BCUT2D eigenvalue weighted by atomic mass is 16.5. The number of benzene rings is 2. The minimum atomic E-state index is 0.589. The lowest BCUT2D eigenvalue weighted by atomic mass is 10.1. The van der Waals surface area contributed by atoms with Gasteiger partial charge in [-0.3, -0.25) is 4.40 Å². The van der Waals surface area contributed by atoms with Crippen LogP contribution in [0.2, 0.25) is 0 Å². The number of hydrogen-bond acceptors (Lipinski definition) is 4. The maximum atomic E-state index is 13.2. The Labute approximate surface area is 150 Å². The highest BCUT2D eigenvalue weighted by Crippen LogP contribution is 2.28. The second-order valence-electron chi connectivity index (χ2n) is 6.51. The minimum absolute atomic E-state index is 0.589. The predicted octanol–water partition coefficient (Wildman–Crippen LogP) is 2.20. The summed E-state index contributed by atoms with van der Waals surface area (Å²) in [6.45, 7) is 3.75. The maximum absolute atomic E-state index is 13.2. The first-order chi connectivity index (χ1) is 12.8.